The molecule has 21 amide bonds. The van der Waals surface area contributed by atoms with E-state index in [4.69, 9.17) is 52.1 Å². The number of hydrogen-bond acceptors (Lipinski definition) is 35. The molecule has 0 aliphatic rings. The molecule has 17 atom stereocenters. The number of aromatic nitrogens is 14. The molecule has 0 unspecified atom stereocenters. The second-order valence-corrected chi connectivity index (χ2v) is 32.6. The summed E-state index contributed by atoms with van der Waals surface area (Å²) in [5, 5.41) is 119. The minimum absolute atomic E-state index is 0.0104. The van der Waals surface area contributed by atoms with Crippen molar-refractivity contribution in [1.82, 2.24) is 176 Å². The number of hydrogen-bond donors (Lipinski definition) is 35. The number of alkyl halides is 4. The lowest BCUT2D eigenvalue weighted by Crippen LogP contribution is -2.64. The number of aliphatic hydroxyl groups excluding tert-OH is 7. The molecular formula is C80H109Cl4N35O28. The van der Waals surface area contributed by atoms with Gasteiger partial charge >= 0.3 is 0 Å². The van der Waals surface area contributed by atoms with Gasteiger partial charge in [-0.1, -0.05) is 0 Å². The smallest absolute Gasteiger partial charge is 0.245 e. The van der Waals surface area contributed by atoms with Crippen molar-refractivity contribution in [2.75, 3.05) is 89.4 Å². The zero-order valence-electron chi connectivity index (χ0n) is 77.2. The average molecular weight is 2150 g/mol. The fourth-order valence-electron chi connectivity index (χ4n) is 13.2. The van der Waals surface area contributed by atoms with Gasteiger partial charge in [0.15, 0.2) is 0 Å². The third-order valence-corrected chi connectivity index (χ3v) is 21.8. The number of nitrogens with zero attached hydrogens (tertiary/aromatic N) is 7. The molecule has 0 radical (unpaired) electrons. The summed E-state index contributed by atoms with van der Waals surface area (Å²) in [6.45, 7) is -12.4. The molecule has 67 heteroatoms. The second-order valence-electron chi connectivity index (χ2n) is 31.6. The lowest BCUT2D eigenvalue weighted by molar-refractivity contribution is -0.137. The van der Waals surface area contributed by atoms with Crippen LogP contribution in [0.1, 0.15) is 39.9 Å². The molecule has 0 aliphatic carbocycles. The van der Waals surface area contributed by atoms with Crippen LogP contribution in [0.15, 0.2) is 87.7 Å². The van der Waals surface area contributed by atoms with E-state index in [-0.39, 0.29) is 65.5 Å². The highest BCUT2D eigenvalue weighted by Crippen LogP contribution is 2.12. The van der Waals surface area contributed by atoms with E-state index >= 15 is 0 Å². The normalized spacial score (nSPS) is 14.5. The number of amides is 21. The van der Waals surface area contributed by atoms with Crippen LogP contribution in [0.3, 0.4) is 0 Å². The maximum absolute atomic E-state index is 15.0. The van der Waals surface area contributed by atoms with Crippen molar-refractivity contribution >= 4 is 170 Å². The Balaban J connectivity index is 1.19. The summed E-state index contributed by atoms with van der Waals surface area (Å²) in [5.74, 6) is -29.0. The number of halogens is 4. The van der Waals surface area contributed by atoms with Crippen LogP contribution in [0.4, 0.5) is 0 Å². The maximum atomic E-state index is 15.0. The topological polar surface area (TPSA) is 967 Å². The number of primary amides is 1. The van der Waals surface area contributed by atoms with Crippen LogP contribution < -0.4 is 112 Å². The highest BCUT2D eigenvalue weighted by Gasteiger charge is 2.41. The molecule has 0 aliphatic heterocycles. The molecule has 0 bridgehead atoms. The summed E-state index contributed by atoms with van der Waals surface area (Å²) in [6.07, 6.45) is 14.1. The SMILES string of the molecule is NC(=O)[C@H](CO)NC(=O)[C@H](Cc1c[nH]cn1)NC(=O)[C@H](CNC(=O)[C@H](CO)NC(=O)[C@H](Cc1c[nH]cn1)NC(=O)[C@H](CNC(=O)[C@H](CO)NC(=O)[C@H](Cc1c[nH]cn1)NC(=O)CCl)NC(=O)[C@H](CO)NC(=O)[C@H](Cc1c[nH]cn1)NC(=O)CCl)NC(=O)[C@H](CO)NC(=O)[C@H](Cc1c[nH]cn1)NC(=O)[C@H](CNC(=O)[C@H](CO)NC(=O)[C@H](Cc1c[nH]cn1)NC(=O)CCl)NC(=O)[C@H](CO)NC(=O)[C@H](Cc1c[nH]cn1)NC(=O)CCl. The van der Waals surface area contributed by atoms with Crippen molar-refractivity contribution in [3.8, 4) is 0 Å². The van der Waals surface area contributed by atoms with Crippen LogP contribution in [-0.4, -0.2) is 422 Å². The quantitative estimate of drug-likeness (QED) is 0.0157. The summed E-state index contributed by atoms with van der Waals surface area (Å²) in [5.41, 5.74) is 6.13. The van der Waals surface area contributed by atoms with Crippen molar-refractivity contribution in [3.05, 3.63) is 128 Å². The molecule has 0 fully saturated rings. The number of carbonyl (C=O) groups is 21. The van der Waals surface area contributed by atoms with Gasteiger partial charge in [0, 0.05) is 108 Å². The predicted octanol–water partition coefficient (Wildman–Crippen LogP) is -18.3. The molecule has 7 rings (SSSR count). The van der Waals surface area contributed by atoms with E-state index in [2.05, 4.69) is 176 Å². The summed E-state index contributed by atoms with van der Waals surface area (Å²) >= 11 is 22.9. The Hall–Kier alpha value is -15.8. The first kappa shape index (κ1) is 118. The molecule has 36 N–H and O–H groups in total. The van der Waals surface area contributed by atoms with Crippen LogP contribution in [0.25, 0.3) is 0 Å². The molecule has 0 spiro atoms. The Morgan fingerprint density at radius 2 is 0.347 bits per heavy atom. The van der Waals surface area contributed by atoms with Gasteiger partial charge in [0.25, 0.3) is 0 Å². The summed E-state index contributed by atoms with van der Waals surface area (Å²) in [6, 6.07) is -33.3. The Bertz CT molecular complexity index is 5510. The van der Waals surface area contributed by atoms with Crippen LogP contribution in [0, 0.1) is 0 Å². The van der Waals surface area contributed by atoms with Gasteiger partial charge in [-0.25, -0.2) is 34.9 Å². The number of nitrogens with two attached hydrogens (primary N) is 1. The number of aliphatic hydroxyl groups is 7. The van der Waals surface area contributed by atoms with Gasteiger partial charge < -0.3 is 183 Å². The summed E-state index contributed by atoms with van der Waals surface area (Å²) < 4.78 is 0. The fraction of sp³-hybridized carbons (Fsp3) is 0.475. The van der Waals surface area contributed by atoms with Gasteiger partial charge in [-0.15, -0.1) is 46.4 Å². The predicted molar refractivity (Wildman–Crippen MR) is 500 cm³/mol. The molecule has 0 saturated heterocycles. The number of rotatable bonds is 65. The largest absolute Gasteiger partial charge is 0.394 e. The number of imidazole rings is 7. The van der Waals surface area contributed by atoms with E-state index in [1.54, 1.807) is 0 Å². The summed E-state index contributed by atoms with van der Waals surface area (Å²) in [4.78, 5) is 339. The van der Waals surface area contributed by atoms with Gasteiger partial charge in [0.1, 0.15) is 126 Å². The van der Waals surface area contributed by atoms with Crippen molar-refractivity contribution < 1.29 is 136 Å². The number of nitrogens with one attached hydrogen (secondary N) is 27. The molecule has 7 heterocycles. The van der Waals surface area contributed by atoms with Gasteiger partial charge in [0.2, 0.25) is 124 Å². The van der Waals surface area contributed by atoms with E-state index in [1.807, 2.05) is 0 Å². The highest BCUT2D eigenvalue weighted by atomic mass is 35.5. The fourth-order valence-corrected chi connectivity index (χ4v) is 13.5. The minimum atomic E-state index is -2.33. The third-order valence-electron chi connectivity index (χ3n) is 20.8. The van der Waals surface area contributed by atoms with E-state index in [0.29, 0.717) is 0 Å². The van der Waals surface area contributed by atoms with E-state index in [1.165, 1.54) is 68.7 Å². The molecule has 0 aromatic carbocycles. The maximum Gasteiger partial charge on any atom is 0.245 e. The van der Waals surface area contributed by atoms with Gasteiger partial charge in [-0.2, -0.15) is 0 Å². The van der Waals surface area contributed by atoms with Crippen molar-refractivity contribution in [1.29, 1.82) is 0 Å². The molecular weight excluding hydrogens is 2040 g/mol. The Kier molecular flexibility index (Phi) is 49.3. The van der Waals surface area contributed by atoms with E-state index < -0.39 is 335 Å². The monoisotopic (exact) mass is 2150 g/mol. The molecule has 7 aromatic heterocycles. The van der Waals surface area contributed by atoms with Gasteiger partial charge in [0.05, 0.1) is 130 Å². The first-order valence-electron chi connectivity index (χ1n) is 44.0. The van der Waals surface area contributed by atoms with Crippen LogP contribution in [0.2, 0.25) is 0 Å². The molecule has 63 nitrogen and oxygen atoms in total. The zero-order chi connectivity index (χ0) is 108. The highest BCUT2D eigenvalue weighted by molar-refractivity contribution is 6.28. The summed E-state index contributed by atoms with van der Waals surface area (Å²) in [7, 11) is 0. The molecule has 147 heavy (non-hydrogen) atoms. The average Bonchev–Trinajstić information content (AvgIpc) is 1.37. The number of carbonyl (C=O) groups excluding carboxylic acids is 21. The Morgan fingerprint density at radius 3 is 0.497 bits per heavy atom. The standard InChI is InChI=1S/C80H109Cl4N35O28/c81-8-60(127)103-43(1-36-12-86-29-96-36)68(135)114-54(23-121)65(132)93-20-51(110-78(145)57(26-124)117-70(137)45(105-62(129)10-83)3-38-14-88-31-98-38)76(143)108-48(6-41-17-91-34-101-41)73(140)116-56(25-123)67(134)95-19-50(75(142)107-47(5-40-16-90-33-100-40)72(139)113-53(22-120)64(85)131)112-80(147)59(28-126)119-74(141)49(7-42-18-92-35-102-42)109-77(144)52(111-79(146)58(27-125)118-71(138)46(106-63(130)11-84)4-39-15-89-32-99-39)21-94-66(133)55(24-122)115-69(136)44(104-61(128)9-82)2-37-13-87-30-97-37/h12-18,29-35,43-59,120-126H,1-11,19-28H2,(H2,85,131)(H,86,96)(H,87,97)(H,88,98)(H,89,99)(H,90,100)(H,91,101)(H,92,102)(H,93,132)(H,94,133)(H,95,134)(H,103,127)(H,104,128)(H,105,129)(H,106,130)(H,107,142)(H,108,143)(H,109,144)(H,110,145)(H,111,146)(H,112,147)(H,113,139)(H,114,135)(H,115,136)(H,116,140)(H,117,137)(H,118,138)(H,119,141)/t43-,44-,45-,46-,47-,48-,49-,50-,51-,52-,53-,54-,55-,56-,57-,58-,59-/m0/s1. The minimum Gasteiger partial charge on any atom is -0.394 e. The Labute approximate surface area is 849 Å². The number of aromatic amines is 7. The van der Waals surface area contributed by atoms with Gasteiger partial charge in [-0.3, -0.25) is 101 Å². The third kappa shape index (κ3) is 39.0. The first-order valence-corrected chi connectivity index (χ1v) is 46.1. The number of H-pyrrole nitrogens is 7. The Morgan fingerprint density at radius 1 is 0.211 bits per heavy atom. The zero-order valence-corrected chi connectivity index (χ0v) is 80.2. The van der Waals surface area contributed by atoms with Crippen molar-refractivity contribution in [2.45, 2.75) is 148 Å². The molecule has 0 saturated carbocycles. The van der Waals surface area contributed by atoms with E-state index in [9.17, 15) is 136 Å². The van der Waals surface area contributed by atoms with Crippen LogP contribution >= 0.6 is 46.4 Å². The lowest BCUT2D eigenvalue weighted by atomic mass is 10.1. The van der Waals surface area contributed by atoms with Crippen LogP contribution in [-0.2, 0) is 146 Å². The van der Waals surface area contributed by atoms with Crippen molar-refractivity contribution in [2.24, 2.45) is 5.73 Å². The second kappa shape index (κ2) is 61.4. The molecule has 7 aromatic rings. The van der Waals surface area contributed by atoms with Crippen LogP contribution in [0.5, 0.6) is 0 Å². The van der Waals surface area contributed by atoms with Crippen molar-refractivity contribution in [3.63, 3.8) is 0 Å². The van der Waals surface area contributed by atoms with E-state index in [0.717, 1.165) is 19.0 Å². The first-order chi connectivity index (χ1) is 70.4. The lowest BCUT2D eigenvalue weighted by Gasteiger charge is -2.28. The molecule has 800 valence electrons. The van der Waals surface area contributed by atoms with Gasteiger partial charge in [-0.05, 0) is 0 Å².